The van der Waals surface area contributed by atoms with Crippen LogP contribution in [0.3, 0.4) is 0 Å². The molecule has 0 saturated heterocycles. The average molecular weight is 475 g/mol. The lowest BCUT2D eigenvalue weighted by Crippen LogP contribution is -2.27. The van der Waals surface area contributed by atoms with Crippen molar-refractivity contribution in [3.63, 3.8) is 0 Å². The van der Waals surface area contributed by atoms with Gasteiger partial charge in [0.2, 0.25) is 5.91 Å². The van der Waals surface area contributed by atoms with Crippen molar-refractivity contribution in [3.8, 4) is 11.5 Å². The minimum Gasteiger partial charge on any atom is -0.493 e. The molecule has 30 heavy (non-hydrogen) atoms. The van der Waals surface area contributed by atoms with Crippen LogP contribution in [0.2, 0.25) is 0 Å². The second-order valence-electron chi connectivity index (χ2n) is 6.84. The molecule has 0 fully saturated rings. The first-order valence-corrected chi connectivity index (χ1v) is 10.3. The molecule has 8 heteroatoms. The molecule has 0 spiro atoms. The Morgan fingerprint density at radius 2 is 1.87 bits per heavy atom. The number of ether oxygens (including phenoxy) is 2. The summed E-state index contributed by atoms with van der Waals surface area (Å²) in [6.07, 6.45) is 0.813. The van der Waals surface area contributed by atoms with Crippen molar-refractivity contribution in [3.05, 3.63) is 58.1 Å². The molecule has 1 aliphatic heterocycles. The number of benzene rings is 2. The van der Waals surface area contributed by atoms with Crippen LogP contribution in [0.1, 0.15) is 42.9 Å². The molecule has 0 bridgehead atoms. The Bertz CT molecular complexity index is 959. The number of hydrogen-bond donors (Lipinski definition) is 1. The summed E-state index contributed by atoms with van der Waals surface area (Å²) in [7, 11) is 3.13. The number of amides is 1. The fourth-order valence-corrected chi connectivity index (χ4v) is 3.74. The van der Waals surface area contributed by atoms with E-state index in [4.69, 9.17) is 14.6 Å². The number of carbonyl (C=O) groups excluding carboxylic acids is 1. The van der Waals surface area contributed by atoms with Gasteiger partial charge in [0.15, 0.2) is 11.5 Å². The molecule has 0 aliphatic carbocycles. The quantitative estimate of drug-likeness (QED) is 0.612. The Hall–Kier alpha value is -2.87. The predicted molar refractivity (Wildman–Crippen MR) is 116 cm³/mol. The van der Waals surface area contributed by atoms with Crippen LogP contribution in [0.5, 0.6) is 11.5 Å². The number of methoxy groups -OCH3 is 2. The first-order chi connectivity index (χ1) is 14.4. The second-order valence-corrected chi connectivity index (χ2v) is 7.76. The van der Waals surface area contributed by atoms with Gasteiger partial charge >= 0.3 is 5.97 Å². The maximum Gasteiger partial charge on any atom is 0.303 e. The van der Waals surface area contributed by atoms with Gasteiger partial charge in [0.05, 0.1) is 26.0 Å². The van der Waals surface area contributed by atoms with Crippen LogP contribution >= 0.6 is 15.9 Å². The summed E-state index contributed by atoms with van der Waals surface area (Å²) in [4.78, 5) is 23.8. The summed E-state index contributed by atoms with van der Waals surface area (Å²) in [5.74, 6) is -0.0153. The molecule has 0 aromatic heterocycles. The number of nitrogens with zero attached hydrogens (tertiary/aromatic N) is 2. The minimum atomic E-state index is -0.922. The number of aliphatic carboxylic acids is 1. The Balaban J connectivity index is 1.95. The highest BCUT2D eigenvalue weighted by Crippen LogP contribution is 2.42. The summed E-state index contributed by atoms with van der Waals surface area (Å²) >= 11 is 3.43. The predicted octanol–water partition coefficient (Wildman–Crippen LogP) is 4.40. The van der Waals surface area contributed by atoms with Crippen molar-refractivity contribution >= 4 is 33.5 Å². The summed E-state index contributed by atoms with van der Waals surface area (Å²) < 4.78 is 11.9. The molecule has 2 aromatic carbocycles. The normalized spacial score (nSPS) is 15.6. The Morgan fingerprint density at radius 3 is 2.50 bits per heavy atom. The SMILES string of the molecule is COc1cccc([C@@H]2CC(c3ccc(Br)cc3)=NN2C(=O)CCCC(=O)O)c1OC. The zero-order valence-electron chi connectivity index (χ0n) is 16.8. The van der Waals surface area contributed by atoms with Crippen molar-refractivity contribution in [2.75, 3.05) is 14.2 Å². The van der Waals surface area contributed by atoms with Gasteiger partial charge in [-0.1, -0.05) is 40.2 Å². The van der Waals surface area contributed by atoms with Gasteiger partial charge in [-0.3, -0.25) is 9.59 Å². The maximum atomic E-state index is 12.9. The molecular formula is C22H23BrN2O5. The van der Waals surface area contributed by atoms with E-state index in [1.54, 1.807) is 20.3 Å². The lowest BCUT2D eigenvalue weighted by Gasteiger charge is -2.24. The van der Waals surface area contributed by atoms with Gasteiger partial charge in [0.25, 0.3) is 0 Å². The number of carboxylic acid groups (broad SMARTS) is 1. The van der Waals surface area contributed by atoms with Crippen LogP contribution in [-0.4, -0.2) is 41.9 Å². The number of carboxylic acids is 1. The smallest absolute Gasteiger partial charge is 0.303 e. The Morgan fingerprint density at radius 1 is 1.13 bits per heavy atom. The molecule has 0 unspecified atom stereocenters. The van der Waals surface area contributed by atoms with Crippen LogP contribution in [-0.2, 0) is 9.59 Å². The van der Waals surface area contributed by atoms with E-state index in [1.807, 2.05) is 36.4 Å². The highest BCUT2D eigenvalue weighted by molar-refractivity contribution is 9.10. The lowest BCUT2D eigenvalue weighted by atomic mass is 9.97. The summed E-state index contributed by atoms with van der Waals surface area (Å²) in [6, 6.07) is 12.9. The van der Waals surface area contributed by atoms with Gasteiger partial charge in [-0.05, 0) is 30.2 Å². The van der Waals surface area contributed by atoms with E-state index >= 15 is 0 Å². The van der Waals surface area contributed by atoms with Crippen LogP contribution in [0, 0.1) is 0 Å². The van der Waals surface area contributed by atoms with E-state index in [0.717, 1.165) is 21.3 Å². The first-order valence-electron chi connectivity index (χ1n) is 9.52. The molecule has 1 heterocycles. The van der Waals surface area contributed by atoms with Crippen LogP contribution in [0.4, 0.5) is 0 Å². The lowest BCUT2D eigenvalue weighted by molar-refractivity contribution is -0.137. The molecular weight excluding hydrogens is 452 g/mol. The van der Waals surface area contributed by atoms with Gasteiger partial charge < -0.3 is 14.6 Å². The highest BCUT2D eigenvalue weighted by Gasteiger charge is 2.35. The number of halogens is 1. The molecule has 7 nitrogen and oxygen atoms in total. The van der Waals surface area contributed by atoms with E-state index in [1.165, 1.54) is 5.01 Å². The van der Waals surface area contributed by atoms with E-state index in [2.05, 4.69) is 21.0 Å². The molecule has 3 rings (SSSR count). The number of para-hydroxylation sites is 1. The molecule has 1 N–H and O–H groups in total. The topological polar surface area (TPSA) is 88.4 Å². The van der Waals surface area contributed by atoms with E-state index in [9.17, 15) is 9.59 Å². The highest BCUT2D eigenvalue weighted by atomic mass is 79.9. The molecule has 0 radical (unpaired) electrons. The second kappa shape index (κ2) is 9.75. The Labute approximate surface area is 183 Å². The molecule has 1 atom stereocenters. The van der Waals surface area contributed by atoms with Gasteiger partial charge in [-0.15, -0.1) is 0 Å². The van der Waals surface area contributed by atoms with Crippen molar-refractivity contribution in [2.24, 2.45) is 5.10 Å². The third-order valence-electron chi connectivity index (χ3n) is 4.92. The first kappa shape index (κ1) is 21.8. The molecule has 158 valence electrons. The monoisotopic (exact) mass is 474 g/mol. The fourth-order valence-electron chi connectivity index (χ4n) is 3.48. The third-order valence-corrected chi connectivity index (χ3v) is 5.45. The van der Waals surface area contributed by atoms with Crippen LogP contribution in [0.25, 0.3) is 0 Å². The summed E-state index contributed by atoms with van der Waals surface area (Å²) in [6.45, 7) is 0. The largest absolute Gasteiger partial charge is 0.493 e. The number of hydrazone groups is 1. The van der Waals surface area contributed by atoms with Crippen molar-refractivity contribution < 1.29 is 24.2 Å². The maximum absolute atomic E-state index is 12.9. The zero-order valence-corrected chi connectivity index (χ0v) is 18.4. The van der Waals surface area contributed by atoms with Crippen molar-refractivity contribution in [2.45, 2.75) is 31.7 Å². The van der Waals surface area contributed by atoms with Gasteiger partial charge in [0.1, 0.15) is 0 Å². The molecule has 2 aromatic rings. The standard InChI is InChI=1S/C22H23BrN2O5/c1-29-19-6-3-5-16(22(19)30-2)18-13-17(14-9-11-15(23)12-10-14)24-25(18)20(26)7-4-8-21(27)28/h3,5-6,9-12,18H,4,7-8,13H2,1-2H3,(H,27,28)/t18-/m0/s1. The zero-order chi connectivity index (χ0) is 21.7. The van der Waals surface area contributed by atoms with Crippen molar-refractivity contribution in [1.82, 2.24) is 5.01 Å². The summed E-state index contributed by atoms with van der Waals surface area (Å²) in [5.41, 5.74) is 2.49. The fraction of sp³-hybridized carbons (Fsp3) is 0.318. The van der Waals surface area contributed by atoms with E-state index in [-0.39, 0.29) is 31.2 Å². The average Bonchev–Trinajstić information content (AvgIpc) is 3.18. The molecule has 1 aliphatic rings. The third kappa shape index (κ3) is 4.81. The minimum absolute atomic E-state index is 0.0595. The van der Waals surface area contributed by atoms with Crippen molar-refractivity contribution in [1.29, 1.82) is 0 Å². The number of carbonyl (C=O) groups is 2. The van der Waals surface area contributed by atoms with Crippen LogP contribution < -0.4 is 9.47 Å². The van der Waals surface area contributed by atoms with Gasteiger partial charge in [0, 0.05) is 29.3 Å². The van der Waals surface area contributed by atoms with Gasteiger partial charge in [-0.2, -0.15) is 5.10 Å². The van der Waals surface area contributed by atoms with E-state index in [0.29, 0.717) is 17.9 Å². The number of hydrogen-bond acceptors (Lipinski definition) is 5. The van der Waals surface area contributed by atoms with E-state index < -0.39 is 5.97 Å². The van der Waals surface area contributed by atoms with Gasteiger partial charge in [-0.25, -0.2) is 5.01 Å². The number of rotatable bonds is 8. The van der Waals surface area contributed by atoms with Crippen LogP contribution in [0.15, 0.2) is 52.0 Å². The molecule has 0 saturated carbocycles. The Kier molecular flexibility index (Phi) is 7.10. The molecule has 1 amide bonds. The summed E-state index contributed by atoms with van der Waals surface area (Å²) in [5, 5.41) is 14.9.